The predicted octanol–water partition coefficient (Wildman–Crippen LogP) is 1.86. The molecule has 2 nitrogen and oxygen atoms in total. The first-order valence-corrected chi connectivity index (χ1v) is 7.66. The van der Waals surface area contributed by atoms with E-state index in [2.05, 4.69) is 16.9 Å². The first kappa shape index (κ1) is 11.7. The highest BCUT2D eigenvalue weighted by Crippen LogP contribution is 2.28. The van der Waals surface area contributed by atoms with Crippen molar-refractivity contribution in [1.82, 2.24) is 10.6 Å². The molecule has 2 aliphatic rings. The summed E-state index contributed by atoms with van der Waals surface area (Å²) in [7, 11) is 0. The Morgan fingerprint density at radius 2 is 2.20 bits per heavy atom. The van der Waals surface area contributed by atoms with E-state index in [1.807, 2.05) is 11.8 Å². The highest BCUT2D eigenvalue weighted by Gasteiger charge is 2.26. The lowest BCUT2D eigenvalue weighted by atomic mass is 9.99. The summed E-state index contributed by atoms with van der Waals surface area (Å²) in [6.45, 7) is 3.69. The van der Waals surface area contributed by atoms with E-state index in [-0.39, 0.29) is 0 Å². The number of thioether (sulfide) groups is 1. The van der Waals surface area contributed by atoms with E-state index in [0.717, 1.165) is 17.2 Å². The Kier molecular flexibility index (Phi) is 4.79. The van der Waals surface area contributed by atoms with Gasteiger partial charge in [-0.15, -0.1) is 0 Å². The molecule has 3 atom stereocenters. The average Bonchev–Trinajstić information content (AvgIpc) is 2.75. The van der Waals surface area contributed by atoms with Crippen LogP contribution in [0.5, 0.6) is 0 Å². The Morgan fingerprint density at radius 3 is 2.93 bits per heavy atom. The fourth-order valence-electron chi connectivity index (χ4n) is 2.86. The van der Waals surface area contributed by atoms with Crippen LogP contribution in [0.4, 0.5) is 0 Å². The van der Waals surface area contributed by atoms with Crippen LogP contribution in [0.3, 0.4) is 0 Å². The van der Waals surface area contributed by atoms with Gasteiger partial charge in [-0.05, 0) is 57.5 Å². The lowest BCUT2D eigenvalue weighted by Gasteiger charge is -2.26. The first-order valence-electron chi connectivity index (χ1n) is 6.37. The van der Waals surface area contributed by atoms with Crippen molar-refractivity contribution in [1.29, 1.82) is 0 Å². The molecule has 0 bridgehead atoms. The van der Waals surface area contributed by atoms with Crippen LogP contribution in [0.25, 0.3) is 0 Å². The smallest absolute Gasteiger partial charge is 0.0198 e. The monoisotopic (exact) mass is 228 g/mol. The normalized spacial score (nSPS) is 37.0. The number of hydrogen-bond acceptors (Lipinski definition) is 3. The van der Waals surface area contributed by atoms with E-state index in [9.17, 15) is 0 Å². The summed E-state index contributed by atoms with van der Waals surface area (Å²) >= 11 is 2.05. The number of hydrogen-bond donors (Lipinski definition) is 2. The van der Waals surface area contributed by atoms with Gasteiger partial charge in [0.05, 0.1) is 0 Å². The number of rotatable bonds is 4. The van der Waals surface area contributed by atoms with Gasteiger partial charge in [0.15, 0.2) is 0 Å². The summed E-state index contributed by atoms with van der Waals surface area (Å²) in [5.74, 6) is 0.877. The van der Waals surface area contributed by atoms with Crippen LogP contribution < -0.4 is 10.6 Å². The van der Waals surface area contributed by atoms with Crippen molar-refractivity contribution in [2.45, 2.75) is 43.4 Å². The van der Waals surface area contributed by atoms with E-state index >= 15 is 0 Å². The molecule has 1 aliphatic heterocycles. The standard InChI is InChI=1S/C12H24N2S/c1-15-12-6-2-5-11(12)14-9-10-4-3-7-13-8-10/h10-14H,2-9H2,1H3. The van der Waals surface area contributed by atoms with Crippen LogP contribution >= 0.6 is 11.8 Å². The van der Waals surface area contributed by atoms with Gasteiger partial charge in [0.1, 0.15) is 0 Å². The lowest BCUT2D eigenvalue weighted by molar-refractivity contribution is 0.344. The molecule has 1 saturated heterocycles. The molecule has 0 spiro atoms. The molecule has 1 heterocycles. The summed E-state index contributed by atoms with van der Waals surface area (Å²) in [6.07, 6.45) is 9.27. The summed E-state index contributed by atoms with van der Waals surface area (Å²) in [4.78, 5) is 0. The van der Waals surface area contributed by atoms with Gasteiger partial charge < -0.3 is 10.6 Å². The largest absolute Gasteiger partial charge is 0.316 e. The van der Waals surface area contributed by atoms with Gasteiger partial charge in [0, 0.05) is 11.3 Å². The van der Waals surface area contributed by atoms with Crippen LogP contribution in [0.2, 0.25) is 0 Å². The third kappa shape index (κ3) is 3.36. The molecule has 15 heavy (non-hydrogen) atoms. The highest BCUT2D eigenvalue weighted by molar-refractivity contribution is 7.99. The molecular formula is C12H24N2S. The van der Waals surface area contributed by atoms with Crippen molar-refractivity contribution in [3.63, 3.8) is 0 Å². The molecule has 2 rings (SSSR count). The zero-order valence-corrected chi connectivity index (χ0v) is 10.6. The second-order valence-electron chi connectivity index (χ2n) is 4.93. The van der Waals surface area contributed by atoms with Gasteiger partial charge in [-0.25, -0.2) is 0 Å². The maximum atomic E-state index is 3.79. The minimum atomic E-state index is 0.793. The molecular weight excluding hydrogens is 204 g/mol. The second-order valence-corrected chi connectivity index (χ2v) is 6.01. The van der Waals surface area contributed by atoms with Gasteiger partial charge in [-0.3, -0.25) is 0 Å². The Labute approximate surface area is 98.0 Å². The average molecular weight is 228 g/mol. The molecule has 88 valence electrons. The second kappa shape index (κ2) is 6.12. The molecule has 3 unspecified atom stereocenters. The SMILES string of the molecule is CSC1CCCC1NCC1CCCNC1. The van der Waals surface area contributed by atoms with Gasteiger partial charge in [-0.1, -0.05) is 6.42 Å². The molecule has 0 amide bonds. The molecule has 3 heteroatoms. The zero-order chi connectivity index (χ0) is 10.5. The summed E-state index contributed by atoms with van der Waals surface area (Å²) < 4.78 is 0. The quantitative estimate of drug-likeness (QED) is 0.768. The fraction of sp³-hybridized carbons (Fsp3) is 1.00. The Hall–Kier alpha value is 0.270. The molecule has 2 fully saturated rings. The number of piperidine rings is 1. The van der Waals surface area contributed by atoms with Gasteiger partial charge in [-0.2, -0.15) is 11.8 Å². The maximum Gasteiger partial charge on any atom is 0.0198 e. The summed E-state index contributed by atoms with van der Waals surface area (Å²) in [5, 5.41) is 8.16. The molecule has 0 aromatic heterocycles. The Balaban J connectivity index is 1.67. The topological polar surface area (TPSA) is 24.1 Å². The third-order valence-corrected chi connectivity index (χ3v) is 4.99. The van der Waals surface area contributed by atoms with E-state index in [1.54, 1.807) is 0 Å². The third-order valence-electron chi connectivity index (χ3n) is 3.82. The number of nitrogens with one attached hydrogen (secondary N) is 2. The van der Waals surface area contributed by atoms with Crippen molar-refractivity contribution in [3.8, 4) is 0 Å². The lowest BCUT2D eigenvalue weighted by Crippen LogP contribution is -2.41. The highest BCUT2D eigenvalue weighted by atomic mass is 32.2. The molecule has 0 radical (unpaired) electrons. The van der Waals surface area contributed by atoms with Gasteiger partial charge >= 0.3 is 0 Å². The van der Waals surface area contributed by atoms with Crippen molar-refractivity contribution in [3.05, 3.63) is 0 Å². The molecule has 2 N–H and O–H groups in total. The molecule has 1 saturated carbocycles. The van der Waals surface area contributed by atoms with Crippen LogP contribution in [-0.4, -0.2) is 37.2 Å². The van der Waals surface area contributed by atoms with Crippen molar-refractivity contribution in [2.75, 3.05) is 25.9 Å². The summed E-state index contributed by atoms with van der Waals surface area (Å²) in [6, 6.07) is 0.793. The van der Waals surface area contributed by atoms with Crippen molar-refractivity contribution < 1.29 is 0 Å². The fourth-order valence-corrected chi connectivity index (χ4v) is 3.82. The van der Waals surface area contributed by atoms with Crippen LogP contribution in [0.1, 0.15) is 32.1 Å². The van der Waals surface area contributed by atoms with E-state index in [4.69, 9.17) is 0 Å². The Morgan fingerprint density at radius 1 is 1.27 bits per heavy atom. The molecule has 1 aliphatic carbocycles. The summed E-state index contributed by atoms with van der Waals surface area (Å²) in [5.41, 5.74) is 0. The van der Waals surface area contributed by atoms with Crippen molar-refractivity contribution >= 4 is 11.8 Å². The van der Waals surface area contributed by atoms with E-state index in [0.29, 0.717) is 0 Å². The predicted molar refractivity (Wildman–Crippen MR) is 68.5 cm³/mol. The minimum absolute atomic E-state index is 0.793. The van der Waals surface area contributed by atoms with Crippen LogP contribution in [0.15, 0.2) is 0 Å². The first-order chi connectivity index (χ1) is 7.40. The Bertz CT molecular complexity index is 180. The van der Waals surface area contributed by atoms with Crippen molar-refractivity contribution in [2.24, 2.45) is 5.92 Å². The minimum Gasteiger partial charge on any atom is -0.316 e. The van der Waals surface area contributed by atoms with Gasteiger partial charge in [0.25, 0.3) is 0 Å². The zero-order valence-electron chi connectivity index (χ0n) is 9.80. The van der Waals surface area contributed by atoms with Gasteiger partial charge in [0.2, 0.25) is 0 Å². The molecule has 0 aromatic rings. The molecule has 0 aromatic carbocycles. The van der Waals surface area contributed by atoms with E-state index in [1.165, 1.54) is 51.7 Å². The van der Waals surface area contributed by atoms with Crippen LogP contribution in [-0.2, 0) is 0 Å². The van der Waals surface area contributed by atoms with E-state index < -0.39 is 0 Å². The maximum absolute atomic E-state index is 3.79. The van der Waals surface area contributed by atoms with Crippen LogP contribution in [0, 0.1) is 5.92 Å².